The van der Waals surface area contributed by atoms with Gasteiger partial charge in [0, 0.05) is 31.5 Å². The molecule has 0 N–H and O–H groups in total. The van der Waals surface area contributed by atoms with Gasteiger partial charge in [0.15, 0.2) is 0 Å². The zero-order chi connectivity index (χ0) is 15.0. The van der Waals surface area contributed by atoms with E-state index in [0.29, 0.717) is 23.9 Å². The van der Waals surface area contributed by atoms with Crippen LogP contribution in [0.15, 0.2) is 17.2 Å². The van der Waals surface area contributed by atoms with E-state index in [1.54, 1.807) is 16.6 Å². The summed E-state index contributed by atoms with van der Waals surface area (Å²) in [6, 6.07) is 1.70. The molecule has 5 nitrogen and oxygen atoms in total. The summed E-state index contributed by atoms with van der Waals surface area (Å²) in [7, 11) is -3.44. The quantitative estimate of drug-likeness (QED) is 0.777. The number of halogens is 1. The van der Waals surface area contributed by atoms with Crippen LogP contribution < -0.4 is 0 Å². The SMILES string of the molecule is CCCn1cc(S(=O)(=O)N2CC3CCC(C2)O3)cc1CCl. The van der Waals surface area contributed by atoms with Crippen LogP contribution in [0.1, 0.15) is 31.9 Å². The zero-order valence-electron chi connectivity index (χ0n) is 12.2. The maximum absolute atomic E-state index is 12.8. The van der Waals surface area contributed by atoms with Gasteiger partial charge in [0.25, 0.3) is 0 Å². The van der Waals surface area contributed by atoms with Gasteiger partial charge in [-0.05, 0) is 25.3 Å². The van der Waals surface area contributed by atoms with Crippen LogP contribution in [0.5, 0.6) is 0 Å². The summed E-state index contributed by atoms with van der Waals surface area (Å²) in [6.07, 6.45) is 4.70. The molecule has 2 fully saturated rings. The van der Waals surface area contributed by atoms with Gasteiger partial charge in [0.05, 0.1) is 18.1 Å². The van der Waals surface area contributed by atoms with Gasteiger partial charge in [-0.2, -0.15) is 4.31 Å². The third-order valence-corrected chi connectivity index (χ3v) is 6.28. The Morgan fingerprint density at radius 1 is 1.33 bits per heavy atom. The average Bonchev–Trinajstić information content (AvgIpc) is 3.03. The Morgan fingerprint density at radius 2 is 2.00 bits per heavy atom. The second-order valence-electron chi connectivity index (χ2n) is 5.77. The van der Waals surface area contributed by atoms with E-state index in [1.807, 2.05) is 4.57 Å². The summed E-state index contributed by atoms with van der Waals surface area (Å²) in [5.74, 6) is 0.323. The maximum Gasteiger partial charge on any atom is 0.244 e. The molecule has 21 heavy (non-hydrogen) atoms. The molecule has 2 bridgehead atoms. The monoisotopic (exact) mass is 332 g/mol. The third kappa shape index (κ3) is 2.86. The molecular formula is C14H21ClN2O3S. The van der Waals surface area contributed by atoms with E-state index < -0.39 is 10.0 Å². The molecule has 1 aromatic rings. The van der Waals surface area contributed by atoms with E-state index in [0.717, 1.165) is 31.5 Å². The number of hydrogen-bond donors (Lipinski definition) is 0. The van der Waals surface area contributed by atoms with E-state index in [-0.39, 0.29) is 12.2 Å². The van der Waals surface area contributed by atoms with Crippen LogP contribution in [-0.2, 0) is 27.2 Å². The number of aromatic nitrogens is 1. The summed E-state index contributed by atoms with van der Waals surface area (Å²) in [5.41, 5.74) is 0.855. The first-order valence-electron chi connectivity index (χ1n) is 7.45. The second kappa shape index (κ2) is 5.91. The van der Waals surface area contributed by atoms with Gasteiger partial charge in [0.2, 0.25) is 10.0 Å². The Morgan fingerprint density at radius 3 is 2.57 bits per heavy atom. The van der Waals surface area contributed by atoms with E-state index in [2.05, 4.69) is 6.92 Å². The topological polar surface area (TPSA) is 51.5 Å². The first kappa shape index (κ1) is 15.3. The van der Waals surface area contributed by atoms with Crippen LogP contribution in [-0.4, -0.2) is 42.6 Å². The molecule has 2 atom stereocenters. The Labute approximate surface area is 130 Å². The van der Waals surface area contributed by atoms with Crippen LogP contribution in [0.3, 0.4) is 0 Å². The second-order valence-corrected chi connectivity index (χ2v) is 7.98. The Kier molecular flexibility index (Phi) is 4.32. The Hall–Kier alpha value is -0.560. The van der Waals surface area contributed by atoms with Crippen LogP contribution in [0.2, 0.25) is 0 Å². The summed E-state index contributed by atoms with van der Waals surface area (Å²) < 4.78 is 34.8. The lowest BCUT2D eigenvalue weighted by molar-refractivity contribution is -0.0114. The van der Waals surface area contributed by atoms with Crippen molar-refractivity contribution in [3.8, 4) is 0 Å². The maximum atomic E-state index is 12.8. The summed E-state index contributed by atoms with van der Waals surface area (Å²) in [4.78, 5) is 0.355. The van der Waals surface area contributed by atoms with E-state index >= 15 is 0 Å². The predicted molar refractivity (Wildman–Crippen MR) is 80.9 cm³/mol. The van der Waals surface area contributed by atoms with Crippen molar-refractivity contribution < 1.29 is 13.2 Å². The fraction of sp³-hybridized carbons (Fsp3) is 0.714. The number of rotatable bonds is 5. The van der Waals surface area contributed by atoms with Crippen LogP contribution >= 0.6 is 11.6 Å². The molecule has 0 aromatic carbocycles. The highest BCUT2D eigenvalue weighted by Gasteiger charge is 2.39. The molecule has 3 heterocycles. The molecule has 0 amide bonds. The number of nitrogens with zero attached hydrogens (tertiary/aromatic N) is 2. The number of aryl methyl sites for hydroxylation is 1. The number of ether oxygens (including phenoxy) is 1. The molecule has 7 heteroatoms. The highest BCUT2D eigenvalue weighted by atomic mass is 35.5. The van der Waals surface area contributed by atoms with Crippen LogP contribution in [0.25, 0.3) is 0 Å². The van der Waals surface area contributed by atoms with Gasteiger partial charge in [-0.1, -0.05) is 6.92 Å². The number of morpholine rings is 1. The van der Waals surface area contributed by atoms with Crippen molar-refractivity contribution in [1.82, 2.24) is 8.87 Å². The molecule has 0 saturated carbocycles. The molecule has 0 radical (unpaired) electrons. The standard InChI is InChI=1S/C14H21ClN2O3S/c1-2-5-16-10-14(6-11(16)7-15)21(18,19)17-8-12-3-4-13(9-17)20-12/h6,10,12-13H,2-5,7-9H2,1H3. The highest BCUT2D eigenvalue weighted by molar-refractivity contribution is 7.89. The highest BCUT2D eigenvalue weighted by Crippen LogP contribution is 2.30. The molecule has 2 saturated heterocycles. The fourth-order valence-electron chi connectivity index (χ4n) is 3.15. The van der Waals surface area contributed by atoms with Crippen molar-refractivity contribution in [1.29, 1.82) is 0 Å². The molecule has 2 unspecified atom stereocenters. The van der Waals surface area contributed by atoms with Crippen molar-refractivity contribution in [3.63, 3.8) is 0 Å². The van der Waals surface area contributed by atoms with Crippen molar-refractivity contribution >= 4 is 21.6 Å². The minimum Gasteiger partial charge on any atom is -0.372 e. The summed E-state index contributed by atoms with van der Waals surface area (Å²) >= 11 is 5.92. The molecule has 1 aromatic heterocycles. The van der Waals surface area contributed by atoms with Crippen molar-refractivity contribution in [3.05, 3.63) is 18.0 Å². The first-order valence-corrected chi connectivity index (χ1v) is 9.42. The minimum absolute atomic E-state index is 0.0590. The summed E-state index contributed by atoms with van der Waals surface area (Å²) in [6.45, 7) is 3.78. The average molecular weight is 333 g/mol. The zero-order valence-corrected chi connectivity index (χ0v) is 13.7. The lowest BCUT2D eigenvalue weighted by atomic mass is 10.2. The smallest absolute Gasteiger partial charge is 0.244 e. The van der Waals surface area contributed by atoms with E-state index in [9.17, 15) is 8.42 Å². The Bertz CT molecular complexity index is 602. The molecular weight excluding hydrogens is 312 g/mol. The largest absolute Gasteiger partial charge is 0.372 e. The van der Waals surface area contributed by atoms with Crippen LogP contribution in [0.4, 0.5) is 0 Å². The molecule has 0 aliphatic carbocycles. The van der Waals surface area contributed by atoms with E-state index in [1.165, 1.54) is 0 Å². The number of alkyl halides is 1. The van der Waals surface area contributed by atoms with Gasteiger partial charge < -0.3 is 9.30 Å². The first-order chi connectivity index (χ1) is 10.0. The molecule has 0 spiro atoms. The van der Waals surface area contributed by atoms with Gasteiger partial charge in [-0.25, -0.2) is 8.42 Å². The lowest BCUT2D eigenvalue weighted by Gasteiger charge is -2.30. The van der Waals surface area contributed by atoms with Gasteiger partial charge in [0.1, 0.15) is 4.90 Å². The molecule has 118 valence electrons. The van der Waals surface area contributed by atoms with Crippen molar-refractivity contribution in [2.75, 3.05) is 13.1 Å². The summed E-state index contributed by atoms with van der Waals surface area (Å²) in [5, 5.41) is 0. The van der Waals surface area contributed by atoms with Crippen LogP contribution in [0, 0.1) is 0 Å². The van der Waals surface area contributed by atoms with Gasteiger partial charge in [-0.3, -0.25) is 0 Å². The number of fused-ring (bicyclic) bond motifs is 2. The van der Waals surface area contributed by atoms with E-state index in [4.69, 9.17) is 16.3 Å². The number of hydrogen-bond acceptors (Lipinski definition) is 3. The van der Waals surface area contributed by atoms with Gasteiger partial charge in [-0.15, -0.1) is 11.6 Å². The Balaban J connectivity index is 1.87. The van der Waals surface area contributed by atoms with Gasteiger partial charge >= 0.3 is 0 Å². The molecule has 2 aliphatic rings. The third-order valence-electron chi connectivity index (χ3n) is 4.21. The normalized spacial score (nSPS) is 26.4. The predicted octanol–water partition coefficient (Wildman–Crippen LogP) is 2.19. The fourth-order valence-corrected chi connectivity index (χ4v) is 4.95. The molecule has 3 rings (SSSR count). The minimum atomic E-state index is -3.44. The van der Waals surface area contributed by atoms with Crippen molar-refractivity contribution in [2.45, 2.75) is 55.7 Å². The number of sulfonamides is 1. The van der Waals surface area contributed by atoms with Crippen molar-refractivity contribution in [2.24, 2.45) is 0 Å². The lowest BCUT2D eigenvalue weighted by Crippen LogP contribution is -2.45. The molecule has 2 aliphatic heterocycles.